The Bertz CT molecular complexity index is 952. The molecule has 3 aliphatic rings. The number of anilines is 1. The zero-order valence-corrected chi connectivity index (χ0v) is 20.7. The highest BCUT2D eigenvalue weighted by Crippen LogP contribution is 2.34. The van der Waals surface area contributed by atoms with E-state index in [1.165, 1.54) is 12.6 Å². The Hall–Kier alpha value is -1.72. The van der Waals surface area contributed by atoms with Crippen molar-refractivity contribution in [3.8, 4) is 0 Å². The number of amides is 2. The first kappa shape index (κ1) is 24.4. The van der Waals surface area contributed by atoms with Gasteiger partial charge in [-0.05, 0) is 57.3 Å². The van der Waals surface area contributed by atoms with Gasteiger partial charge in [-0.1, -0.05) is 37.5 Å². The monoisotopic (exact) mass is 498 g/mol. The van der Waals surface area contributed by atoms with Gasteiger partial charge in [0.1, 0.15) is 6.04 Å². The van der Waals surface area contributed by atoms with E-state index in [0.717, 1.165) is 67.0 Å². The van der Waals surface area contributed by atoms with E-state index >= 15 is 0 Å². The lowest BCUT2D eigenvalue weighted by atomic mass is 9.84. The predicted octanol–water partition coefficient (Wildman–Crippen LogP) is 4.13. The van der Waals surface area contributed by atoms with Crippen molar-refractivity contribution in [1.29, 1.82) is 0 Å². The predicted molar refractivity (Wildman–Crippen MR) is 126 cm³/mol. The summed E-state index contributed by atoms with van der Waals surface area (Å²) >= 11 is 0.888. The van der Waals surface area contributed by atoms with E-state index in [0.29, 0.717) is 18.8 Å². The zero-order chi connectivity index (χ0) is 23.6. The van der Waals surface area contributed by atoms with E-state index in [1.807, 2.05) is 4.90 Å². The minimum atomic E-state index is -3.97. The smallest absolute Gasteiger partial charge is 0.324 e. The van der Waals surface area contributed by atoms with Crippen molar-refractivity contribution >= 4 is 38.5 Å². The Morgan fingerprint density at radius 3 is 2.39 bits per heavy atom. The Morgan fingerprint density at radius 1 is 1.06 bits per heavy atom. The van der Waals surface area contributed by atoms with Gasteiger partial charge < -0.3 is 10.0 Å². The Labute approximate surface area is 199 Å². The van der Waals surface area contributed by atoms with Crippen LogP contribution in [0, 0.1) is 5.92 Å². The topological polar surface area (TPSA) is 120 Å². The number of thiazole rings is 1. The molecular weight excluding hydrogens is 464 g/mol. The second-order valence-electron chi connectivity index (χ2n) is 9.64. The van der Waals surface area contributed by atoms with E-state index in [1.54, 1.807) is 0 Å². The zero-order valence-electron chi connectivity index (χ0n) is 19.1. The fourth-order valence-electron chi connectivity index (χ4n) is 5.49. The van der Waals surface area contributed by atoms with E-state index in [2.05, 4.69) is 17.2 Å². The summed E-state index contributed by atoms with van der Waals surface area (Å²) in [5.74, 6) is -0.455. The number of sulfonamides is 1. The van der Waals surface area contributed by atoms with Gasteiger partial charge in [0.05, 0.1) is 6.20 Å². The molecule has 1 atom stereocenters. The summed E-state index contributed by atoms with van der Waals surface area (Å²) in [6, 6.07) is -0.843. The minimum absolute atomic E-state index is 0.0401. The molecule has 0 radical (unpaired) electrons. The molecule has 2 N–H and O–H groups in total. The van der Waals surface area contributed by atoms with Gasteiger partial charge in [-0.3, -0.25) is 10.1 Å². The maximum Gasteiger partial charge on any atom is 0.324 e. The fraction of sp³-hybridized carbons (Fsp3) is 0.773. The van der Waals surface area contributed by atoms with Gasteiger partial charge in [-0.15, -0.1) is 0 Å². The molecule has 2 heterocycles. The number of carbonyl (C=O) groups excluding carboxylic acids is 1. The van der Waals surface area contributed by atoms with Crippen LogP contribution in [0.25, 0.3) is 0 Å². The van der Waals surface area contributed by atoms with E-state index < -0.39 is 22.0 Å². The van der Waals surface area contributed by atoms with Crippen LogP contribution in [0.3, 0.4) is 0 Å². The Balaban J connectivity index is 1.49. The van der Waals surface area contributed by atoms with Gasteiger partial charge in [-0.2, -0.15) is 4.31 Å². The summed E-state index contributed by atoms with van der Waals surface area (Å²) in [4.78, 5) is 31.0. The Kier molecular flexibility index (Phi) is 7.59. The molecule has 2 aliphatic carbocycles. The SMILES string of the molecule is CC1CCC(N(C(=O)Nc2ncc(S(=O)(=O)N3CCCC3C(=O)O)s2)C2CCCCC2)CC1. The highest BCUT2D eigenvalue weighted by Gasteiger charge is 2.41. The number of hydrogen-bond acceptors (Lipinski definition) is 6. The first-order chi connectivity index (χ1) is 15.8. The van der Waals surface area contributed by atoms with Crippen molar-refractivity contribution < 1.29 is 23.1 Å². The second-order valence-corrected chi connectivity index (χ2v) is 12.8. The molecule has 1 saturated heterocycles. The van der Waals surface area contributed by atoms with Crippen LogP contribution in [0.2, 0.25) is 0 Å². The number of nitrogens with zero attached hydrogens (tertiary/aromatic N) is 3. The number of carbonyl (C=O) groups is 2. The molecule has 1 aromatic heterocycles. The molecule has 1 aromatic rings. The fourth-order valence-corrected chi connectivity index (χ4v) is 8.29. The number of urea groups is 1. The summed E-state index contributed by atoms with van der Waals surface area (Å²) in [6.07, 6.45) is 11.7. The third kappa shape index (κ3) is 5.35. The first-order valence-electron chi connectivity index (χ1n) is 12.1. The third-order valence-electron chi connectivity index (χ3n) is 7.33. The molecule has 1 aliphatic heterocycles. The average molecular weight is 499 g/mol. The van der Waals surface area contributed by atoms with Crippen LogP contribution >= 0.6 is 11.3 Å². The lowest BCUT2D eigenvalue weighted by Crippen LogP contribution is -2.51. The minimum Gasteiger partial charge on any atom is -0.480 e. The standard InChI is InChI=1S/C22H34N4O5S2/c1-15-9-11-17(12-10-15)26(16-6-3-2-4-7-16)22(29)24-21-23-14-19(32-21)33(30,31)25-13-5-8-18(25)20(27)28/h14-18H,2-13H2,1H3,(H,27,28)(H,23,24,29). The van der Waals surface area contributed by atoms with Gasteiger partial charge in [0.25, 0.3) is 10.0 Å². The van der Waals surface area contributed by atoms with Gasteiger partial charge in [0.15, 0.2) is 9.34 Å². The highest BCUT2D eigenvalue weighted by atomic mass is 32.2. The molecule has 0 aromatic carbocycles. The quantitative estimate of drug-likeness (QED) is 0.609. The molecule has 33 heavy (non-hydrogen) atoms. The summed E-state index contributed by atoms with van der Waals surface area (Å²) in [6.45, 7) is 2.43. The van der Waals surface area contributed by atoms with Crippen LogP contribution in [-0.2, 0) is 14.8 Å². The number of aromatic nitrogens is 1. The number of rotatable bonds is 6. The second kappa shape index (κ2) is 10.3. The number of aliphatic carboxylic acids is 1. The lowest BCUT2D eigenvalue weighted by Gasteiger charge is -2.42. The maximum absolute atomic E-state index is 13.4. The summed E-state index contributed by atoms with van der Waals surface area (Å²) in [7, 11) is -3.97. The summed E-state index contributed by atoms with van der Waals surface area (Å²) in [5.41, 5.74) is 0. The number of nitrogens with one attached hydrogen (secondary N) is 1. The van der Waals surface area contributed by atoms with Gasteiger partial charge >= 0.3 is 12.0 Å². The molecule has 2 amide bonds. The molecule has 4 rings (SSSR count). The van der Waals surface area contributed by atoms with Crippen LogP contribution in [0.4, 0.5) is 9.93 Å². The Morgan fingerprint density at radius 2 is 1.73 bits per heavy atom. The van der Waals surface area contributed by atoms with Gasteiger partial charge in [-0.25, -0.2) is 18.2 Å². The van der Waals surface area contributed by atoms with Crippen LogP contribution < -0.4 is 5.32 Å². The average Bonchev–Trinajstić information content (AvgIpc) is 3.47. The van der Waals surface area contributed by atoms with Crippen LogP contribution in [0.15, 0.2) is 10.4 Å². The van der Waals surface area contributed by atoms with E-state index in [9.17, 15) is 23.1 Å². The van der Waals surface area contributed by atoms with Crippen molar-refractivity contribution in [2.75, 3.05) is 11.9 Å². The van der Waals surface area contributed by atoms with Crippen molar-refractivity contribution in [2.24, 2.45) is 5.92 Å². The maximum atomic E-state index is 13.4. The first-order valence-corrected chi connectivity index (χ1v) is 14.3. The lowest BCUT2D eigenvalue weighted by molar-refractivity contribution is -0.140. The third-order valence-corrected chi connectivity index (χ3v) is 10.6. The normalized spacial score (nSPS) is 27.4. The van der Waals surface area contributed by atoms with Crippen molar-refractivity contribution in [3.63, 3.8) is 0 Å². The van der Waals surface area contributed by atoms with Crippen LogP contribution in [0.5, 0.6) is 0 Å². The van der Waals surface area contributed by atoms with Crippen molar-refractivity contribution in [1.82, 2.24) is 14.2 Å². The molecule has 0 bridgehead atoms. The van der Waals surface area contributed by atoms with Crippen molar-refractivity contribution in [2.45, 2.75) is 99.9 Å². The summed E-state index contributed by atoms with van der Waals surface area (Å²) < 4.78 is 27.0. The number of hydrogen-bond donors (Lipinski definition) is 2. The molecule has 0 spiro atoms. The van der Waals surface area contributed by atoms with Gasteiger partial charge in [0.2, 0.25) is 0 Å². The molecule has 9 nitrogen and oxygen atoms in total. The largest absolute Gasteiger partial charge is 0.480 e. The van der Waals surface area contributed by atoms with Crippen LogP contribution in [-0.4, -0.2) is 64.4 Å². The number of carboxylic acids is 1. The summed E-state index contributed by atoms with van der Waals surface area (Å²) in [5, 5.41) is 12.5. The van der Waals surface area contributed by atoms with E-state index in [4.69, 9.17) is 0 Å². The molecule has 11 heteroatoms. The van der Waals surface area contributed by atoms with Gasteiger partial charge in [0, 0.05) is 18.6 Å². The molecule has 184 valence electrons. The molecular formula is C22H34N4O5S2. The highest BCUT2D eigenvalue weighted by molar-refractivity contribution is 7.91. The van der Waals surface area contributed by atoms with Crippen LogP contribution in [0.1, 0.15) is 77.6 Å². The van der Waals surface area contributed by atoms with Crippen molar-refractivity contribution in [3.05, 3.63) is 6.20 Å². The molecule has 3 fully saturated rings. The molecule has 1 unspecified atom stereocenters. The molecule has 2 saturated carbocycles. The van der Waals surface area contributed by atoms with E-state index in [-0.39, 0.29) is 34.0 Å². The number of carboxylic acid groups (broad SMARTS) is 1.